The standard InChI is InChI=1S/C23H27ClF3N3O2S/c1-4-33-20-6-5-17(24)9-16(20)13-28-21(31)15-10-18(12-19(11-15)32-23(25,26)27)30-8-7-29-22(2,3)14-30/h5-6,9-12,29H,4,7-8,13-14H2,1-3H3,(H,28,31). The highest BCUT2D eigenvalue weighted by atomic mass is 35.5. The number of ether oxygens (including phenoxy) is 1. The molecule has 3 rings (SSSR count). The zero-order valence-corrected chi connectivity index (χ0v) is 20.3. The lowest BCUT2D eigenvalue weighted by atomic mass is 10.0. The number of hydrogen-bond acceptors (Lipinski definition) is 5. The number of nitrogens with zero attached hydrogens (tertiary/aromatic N) is 1. The second kappa shape index (κ2) is 10.4. The largest absolute Gasteiger partial charge is 0.573 e. The first-order chi connectivity index (χ1) is 15.5. The van der Waals surface area contributed by atoms with E-state index in [1.54, 1.807) is 30.0 Å². The van der Waals surface area contributed by atoms with E-state index in [9.17, 15) is 18.0 Å². The fourth-order valence-electron chi connectivity index (χ4n) is 3.71. The highest BCUT2D eigenvalue weighted by Gasteiger charge is 2.32. The molecule has 1 fully saturated rings. The molecule has 0 spiro atoms. The zero-order valence-electron chi connectivity index (χ0n) is 18.7. The van der Waals surface area contributed by atoms with Crippen LogP contribution in [-0.4, -0.2) is 43.2 Å². The van der Waals surface area contributed by atoms with Gasteiger partial charge in [-0.25, -0.2) is 0 Å². The Bertz CT molecular complexity index is 1000. The Hall–Kier alpha value is -2.10. The molecule has 2 aromatic rings. The maximum Gasteiger partial charge on any atom is 0.573 e. The average molecular weight is 502 g/mol. The molecule has 1 saturated heterocycles. The normalized spacial score (nSPS) is 15.9. The maximum atomic E-state index is 12.9. The molecule has 1 aliphatic rings. The molecule has 180 valence electrons. The average Bonchev–Trinajstić information content (AvgIpc) is 2.71. The van der Waals surface area contributed by atoms with Gasteiger partial charge < -0.3 is 20.3 Å². The summed E-state index contributed by atoms with van der Waals surface area (Å²) in [4.78, 5) is 15.9. The van der Waals surface area contributed by atoms with Crippen molar-refractivity contribution in [3.05, 3.63) is 52.5 Å². The van der Waals surface area contributed by atoms with Crippen LogP contribution in [0.1, 0.15) is 36.7 Å². The van der Waals surface area contributed by atoms with Crippen molar-refractivity contribution in [1.29, 1.82) is 0 Å². The number of nitrogens with one attached hydrogen (secondary N) is 2. The fraction of sp³-hybridized carbons (Fsp3) is 0.435. The van der Waals surface area contributed by atoms with Crippen molar-refractivity contribution in [2.75, 3.05) is 30.3 Å². The SMILES string of the molecule is CCSc1ccc(Cl)cc1CNC(=O)c1cc(OC(F)(F)F)cc(N2CCNC(C)(C)C2)c1. The zero-order chi connectivity index (χ0) is 24.2. The van der Waals surface area contributed by atoms with Crippen molar-refractivity contribution in [1.82, 2.24) is 10.6 Å². The third kappa shape index (κ3) is 7.45. The number of hydrogen-bond donors (Lipinski definition) is 2. The summed E-state index contributed by atoms with van der Waals surface area (Å²) in [5, 5.41) is 6.71. The molecule has 2 N–H and O–H groups in total. The van der Waals surface area contributed by atoms with Crippen molar-refractivity contribution in [2.45, 2.75) is 44.1 Å². The van der Waals surface area contributed by atoms with E-state index in [4.69, 9.17) is 11.6 Å². The van der Waals surface area contributed by atoms with E-state index in [0.717, 1.165) is 22.3 Å². The lowest BCUT2D eigenvalue weighted by Crippen LogP contribution is -2.57. The van der Waals surface area contributed by atoms with E-state index in [1.807, 2.05) is 31.7 Å². The summed E-state index contributed by atoms with van der Waals surface area (Å²) in [5.41, 5.74) is 1.22. The molecule has 0 radical (unpaired) electrons. The molecule has 0 bridgehead atoms. The minimum absolute atomic E-state index is 0.0924. The van der Waals surface area contributed by atoms with Gasteiger partial charge in [0.1, 0.15) is 5.75 Å². The number of alkyl halides is 3. The van der Waals surface area contributed by atoms with E-state index in [0.29, 0.717) is 30.3 Å². The first-order valence-corrected chi connectivity index (χ1v) is 11.9. The number of thioether (sulfide) groups is 1. The van der Waals surface area contributed by atoms with E-state index in [1.165, 1.54) is 6.07 Å². The van der Waals surface area contributed by atoms with Crippen molar-refractivity contribution >= 4 is 35.0 Å². The summed E-state index contributed by atoms with van der Waals surface area (Å²) in [7, 11) is 0. The van der Waals surface area contributed by atoms with Crippen LogP contribution in [0.25, 0.3) is 0 Å². The second-order valence-corrected chi connectivity index (χ2v) is 10.1. The number of rotatable bonds is 7. The number of carbonyl (C=O) groups is 1. The topological polar surface area (TPSA) is 53.6 Å². The Morgan fingerprint density at radius 3 is 2.70 bits per heavy atom. The molecule has 0 unspecified atom stereocenters. The minimum Gasteiger partial charge on any atom is -0.406 e. The van der Waals surface area contributed by atoms with Crippen LogP contribution in [-0.2, 0) is 6.54 Å². The van der Waals surface area contributed by atoms with Crippen molar-refractivity contribution in [2.24, 2.45) is 0 Å². The summed E-state index contributed by atoms with van der Waals surface area (Å²) in [6.07, 6.45) is -4.86. The molecule has 0 aliphatic carbocycles. The molecule has 10 heteroatoms. The Morgan fingerprint density at radius 2 is 2.03 bits per heavy atom. The molecule has 1 heterocycles. The highest BCUT2D eigenvalue weighted by Crippen LogP contribution is 2.31. The lowest BCUT2D eigenvalue weighted by Gasteiger charge is -2.40. The maximum absolute atomic E-state index is 12.9. The second-order valence-electron chi connectivity index (χ2n) is 8.36. The summed E-state index contributed by atoms with van der Waals surface area (Å²) in [5.74, 6) is -0.0683. The van der Waals surface area contributed by atoms with Crippen LogP contribution in [0.2, 0.25) is 5.02 Å². The van der Waals surface area contributed by atoms with Gasteiger partial charge in [0.25, 0.3) is 5.91 Å². The molecule has 2 aromatic carbocycles. The van der Waals surface area contributed by atoms with Crippen LogP contribution < -0.4 is 20.3 Å². The van der Waals surface area contributed by atoms with E-state index < -0.39 is 18.0 Å². The third-order valence-corrected chi connectivity index (χ3v) is 6.32. The van der Waals surface area contributed by atoms with Crippen LogP contribution in [0.3, 0.4) is 0 Å². The van der Waals surface area contributed by atoms with Crippen LogP contribution in [0.15, 0.2) is 41.3 Å². The summed E-state index contributed by atoms with van der Waals surface area (Å²) in [6.45, 7) is 8.09. The first kappa shape index (κ1) is 25.5. The number of amides is 1. The number of carbonyl (C=O) groups excluding carboxylic acids is 1. The van der Waals surface area contributed by atoms with E-state index in [2.05, 4.69) is 15.4 Å². The number of piperazine rings is 1. The molecule has 1 aliphatic heterocycles. The van der Waals surface area contributed by atoms with Gasteiger partial charge in [-0.15, -0.1) is 24.9 Å². The first-order valence-electron chi connectivity index (χ1n) is 10.6. The van der Waals surface area contributed by atoms with Crippen molar-refractivity contribution in [3.8, 4) is 5.75 Å². The number of benzene rings is 2. The van der Waals surface area contributed by atoms with Gasteiger partial charge in [0.15, 0.2) is 0 Å². The summed E-state index contributed by atoms with van der Waals surface area (Å²) in [6, 6.07) is 9.47. The minimum atomic E-state index is -4.86. The van der Waals surface area contributed by atoms with Gasteiger partial charge in [0.2, 0.25) is 0 Å². The Kier molecular flexibility index (Phi) is 8.08. The molecular weight excluding hydrogens is 475 g/mol. The molecular formula is C23H27ClF3N3O2S. The molecule has 1 amide bonds. The van der Waals surface area contributed by atoms with Gasteiger partial charge in [0, 0.05) is 59.0 Å². The van der Waals surface area contributed by atoms with Gasteiger partial charge in [-0.1, -0.05) is 18.5 Å². The summed E-state index contributed by atoms with van der Waals surface area (Å²) >= 11 is 7.73. The smallest absolute Gasteiger partial charge is 0.406 e. The monoisotopic (exact) mass is 501 g/mol. The Morgan fingerprint density at radius 1 is 1.27 bits per heavy atom. The van der Waals surface area contributed by atoms with E-state index in [-0.39, 0.29) is 17.6 Å². The number of anilines is 1. The number of halogens is 4. The Labute approximate surface area is 201 Å². The molecule has 5 nitrogen and oxygen atoms in total. The van der Waals surface area contributed by atoms with Crippen molar-refractivity contribution < 1.29 is 22.7 Å². The highest BCUT2D eigenvalue weighted by molar-refractivity contribution is 7.99. The van der Waals surface area contributed by atoms with Crippen LogP contribution in [0.5, 0.6) is 5.75 Å². The summed E-state index contributed by atoms with van der Waals surface area (Å²) < 4.78 is 43.0. The van der Waals surface area contributed by atoms with E-state index >= 15 is 0 Å². The molecule has 0 atom stereocenters. The fourth-order valence-corrected chi connectivity index (χ4v) is 4.70. The predicted octanol–water partition coefficient (Wildman–Crippen LogP) is 5.47. The predicted molar refractivity (Wildman–Crippen MR) is 126 cm³/mol. The van der Waals surface area contributed by atoms with Crippen LogP contribution in [0, 0.1) is 0 Å². The molecule has 0 saturated carbocycles. The van der Waals surface area contributed by atoms with Gasteiger partial charge in [-0.3, -0.25) is 4.79 Å². The van der Waals surface area contributed by atoms with Crippen LogP contribution >= 0.6 is 23.4 Å². The lowest BCUT2D eigenvalue weighted by molar-refractivity contribution is -0.274. The molecule has 33 heavy (non-hydrogen) atoms. The third-order valence-electron chi connectivity index (χ3n) is 5.09. The van der Waals surface area contributed by atoms with Gasteiger partial charge in [-0.2, -0.15) is 0 Å². The Balaban J connectivity index is 1.85. The quantitative estimate of drug-likeness (QED) is 0.493. The van der Waals surface area contributed by atoms with Crippen LogP contribution in [0.4, 0.5) is 18.9 Å². The van der Waals surface area contributed by atoms with Crippen molar-refractivity contribution in [3.63, 3.8) is 0 Å². The van der Waals surface area contributed by atoms with Gasteiger partial charge in [-0.05, 0) is 55.5 Å². The van der Waals surface area contributed by atoms with Gasteiger partial charge >= 0.3 is 6.36 Å². The molecule has 0 aromatic heterocycles. The van der Waals surface area contributed by atoms with Gasteiger partial charge in [0.05, 0.1) is 0 Å².